The summed E-state index contributed by atoms with van der Waals surface area (Å²) in [7, 11) is 0. The summed E-state index contributed by atoms with van der Waals surface area (Å²) in [6, 6.07) is 8.48. The van der Waals surface area contributed by atoms with E-state index >= 15 is 0 Å². The summed E-state index contributed by atoms with van der Waals surface area (Å²) in [5.41, 5.74) is 2.59. The van der Waals surface area contributed by atoms with Gasteiger partial charge in [0.05, 0.1) is 5.52 Å². The van der Waals surface area contributed by atoms with Gasteiger partial charge in [-0.25, -0.2) is 0 Å². The zero-order valence-corrected chi connectivity index (χ0v) is 8.37. The molecule has 0 amide bonds. The molecule has 0 bridgehead atoms. The zero-order valence-electron chi connectivity index (χ0n) is 6.21. The SMILES string of the molecule is Cc1ccc2c(I)cccn12. The molecule has 0 aromatic carbocycles. The summed E-state index contributed by atoms with van der Waals surface area (Å²) in [5.74, 6) is 0. The van der Waals surface area contributed by atoms with Crippen molar-refractivity contribution < 1.29 is 0 Å². The molecule has 0 N–H and O–H groups in total. The van der Waals surface area contributed by atoms with Crippen molar-refractivity contribution in [3.8, 4) is 0 Å². The van der Waals surface area contributed by atoms with Crippen LogP contribution in [0.15, 0.2) is 30.5 Å². The van der Waals surface area contributed by atoms with Gasteiger partial charge in [-0.15, -0.1) is 0 Å². The molecule has 0 spiro atoms. The summed E-state index contributed by atoms with van der Waals surface area (Å²) in [5, 5.41) is 0. The van der Waals surface area contributed by atoms with Crippen molar-refractivity contribution in [1.29, 1.82) is 0 Å². The molecule has 0 saturated carbocycles. The first kappa shape index (κ1) is 7.16. The quantitative estimate of drug-likeness (QED) is 0.639. The number of halogens is 1. The lowest BCUT2D eigenvalue weighted by Crippen LogP contribution is -1.86. The molecule has 2 heterocycles. The van der Waals surface area contributed by atoms with Crippen molar-refractivity contribution in [3.05, 3.63) is 39.7 Å². The van der Waals surface area contributed by atoms with Crippen molar-refractivity contribution in [2.75, 3.05) is 0 Å². The molecule has 0 radical (unpaired) electrons. The van der Waals surface area contributed by atoms with Crippen LogP contribution in [-0.2, 0) is 0 Å². The van der Waals surface area contributed by atoms with E-state index in [1.165, 1.54) is 14.8 Å². The van der Waals surface area contributed by atoms with E-state index in [4.69, 9.17) is 0 Å². The first-order valence-corrected chi connectivity index (χ1v) is 4.59. The molecule has 0 saturated heterocycles. The van der Waals surface area contributed by atoms with Crippen molar-refractivity contribution in [2.45, 2.75) is 6.92 Å². The standard InChI is InChI=1S/C9H8IN/c1-7-4-5-9-8(10)3-2-6-11(7)9/h2-6H,1H3. The molecule has 0 fully saturated rings. The van der Waals surface area contributed by atoms with Gasteiger partial charge in [0.15, 0.2) is 0 Å². The van der Waals surface area contributed by atoms with Gasteiger partial charge in [0.25, 0.3) is 0 Å². The lowest BCUT2D eigenvalue weighted by molar-refractivity contribution is 1.11. The fourth-order valence-electron chi connectivity index (χ4n) is 1.24. The molecule has 0 aliphatic rings. The van der Waals surface area contributed by atoms with Gasteiger partial charge in [-0.3, -0.25) is 0 Å². The van der Waals surface area contributed by atoms with Crippen LogP contribution in [0.2, 0.25) is 0 Å². The first-order chi connectivity index (χ1) is 5.29. The lowest BCUT2D eigenvalue weighted by atomic mass is 10.4. The minimum absolute atomic E-state index is 1.29. The van der Waals surface area contributed by atoms with Crippen LogP contribution in [0.5, 0.6) is 0 Å². The van der Waals surface area contributed by atoms with Gasteiger partial charge in [0.2, 0.25) is 0 Å². The molecule has 2 aromatic heterocycles. The largest absolute Gasteiger partial charge is 0.320 e. The second kappa shape index (κ2) is 2.52. The van der Waals surface area contributed by atoms with Crippen molar-refractivity contribution in [1.82, 2.24) is 4.40 Å². The van der Waals surface area contributed by atoms with Crippen LogP contribution in [0, 0.1) is 10.5 Å². The van der Waals surface area contributed by atoms with E-state index in [9.17, 15) is 0 Å². The molecule has 56 valence electrons. The fourth-order valence-corrected chi connectivity index (χ4v) is 1.89. The number of nitrogens with zero attached hydrogens (tertiary/aromatic N) is 1. The maximum atomic E-state index is 2.35. The van der Waals surface area contributed by atoms with Gasteiger partial charge < -0.3 is 4.40 Å². The Hall–Kier alpha value is -0.510. The molecule has 2 rings (SSSR count). The Morgan fingerprint density at radius 1 is 1.27 bits per heavy atom. The van der Waals surface area contributed by atoms with E-state index in [1.54, 1.807) is 0 Å². The zero-order chi connectivity index (χ0) is 7.84. The minimum atomic E-state index is 1.29. The van der Waals surface area contributed by atoms with Gasteiger partial charge in [0.1, 0.15) is 0 Å². The highest BCUT2D eigenvalue weighted by atomic mass is 127. The predicted octanol–water partition coefficient (Wildman–Crippen LogP) is 2.85. The predicted molar refractivity (Wildman–Crippen MR) is 54.9 cm³/mol. The van der Waals surface area contributed by atoms with E-state index in [0.29, 0.717) is 0 Å². The Morgan fingerprint density at radius 2 is 2.09 bits per heavy atom. The smallest absolute Gasteiger partial charge is 0.0586 e. The molecule has 0 atom stereocenters. The van der Waals surface area contributed by atoms with Crippen LogP contribution >= 0.6 is 22.6 Å². The Balaban J connectivity index is 2.94. The molecule has 0 unspecified atom stereocenters. The van der Waals surface area contributed by atoms with Crippen molar-refractivity contribution in [2.24, 2.45) is 0 Å². The molecule has 0 aliphatic carbocycles. The van der Waals surface area contributed by atoms with Crippen LogP contribution in [0.1, 0.15) is 5.69 Å². The van der Waals surface area contributed by atoms with Gasteiger partial charge >= 0.3 is 0 Å². The molecule has 2 aromatic rings. The van der Waals surface area contributed by atoms with Gasteiger partial charge in [0, 0.05) is 15.5 Å². The number of fused-ring (bicyclic) bond motifs is 1. The van der Waals surface area contributed by atoms with E-state index < -0.39 is 0 Å². The number of rotatable bonds is 0. The molecule has 11 heavy (non-hydrogen) atoms. The molecular formula is C9H8IN. The average Bonchev–Trinajstić information content (AvgIpc) is 2.35. The van der Waals surface area contributed by atoms with Crippen LogP contribution in [0.4, 0.5) is 0 Å². The maximum absolute atomic E-state index is 2.35. The highest BCUT2D eigenvalue weighted by Crippen LogP contribution is 2.15. The molecular weight excluding hydrogens is 249 g/mol. The minimum Gasteiger partial charge on any atom is -0.320 e. The van der Waals surface area contributed by atoms with E-state index in [-0.39, 0.29) is 0 Å². The Kier molecular flexibility index (Phi) is 1.64. The van der Waals surface area contributed by atoms with Gasteiger partial charge in [-0.2, -0.15) is 0 Å². The van der Waals surface area contributed by atoms with Crippen LogP contribution < -0.4 is 0 Å². The normalized spacial score (nSPS) is 10.7. The van der Waals surface area contributed by atoms with Gasteiger partial charge in [-0.05, 0) is 53.8 Å². The van der Waals surface area contributed by atoms with Crippen molar-refractivity contribution >= 4 is 28.1 Å². The van der Waals surface area contributed by atoms with Crippen LogP contribution in [0.3, 0.4) is 0 Å². The Morgan fingerprint density at radius 3 is 2.82 bits per heavy atom. The number of aryl methyl sites for hydroxylation is 1. The number of hydrogen-bond donors (Lipinski definition) is 0. The molecule has 2 heteroatoms. The van der Waals surface area contributed by atoms with Gasteiger partial charge in [-0.1, -0.05) is 0 Å². The second-order valence-corrected chi connectivity index (χ2v) is 3.75. The van der Waals surface area contributed by atoms with E-state index in [2.05, 4.69) is 64.4 Å². The van der Waals surface area contributed by atoms with E-state index in [0.717, 1.165) is 0 Å². The Labute approximate surface area is 79.2 Å². The summed E-state index contributed by atoms with van der Waals surface area (Å²) >= 11 is 2.35. The number of aromatic nitrogens is 1. The van der Waals surface area contributed by atoms with E-state index in [1.807, 2.05) is 0 Å². The summed E-state index contributed by atoms with van der Waals surface area (Å²) in [6.45, 7) is 2.11. The summed E-state index contributed by atoms with van der Waals surface area (Å²) in [6.07, 6.45) is 2.09. The highest BCUT2D eigenvalue weighted by molar-refractivity contribution is 14.1. The van der Waals surface area contributed by atoms with Crippen LogP contribution in [0.25, 0.3) is 5.52 Å². The lowest BCUT2D eigenvalue weighted by Gasteiger charge is -1.97. The summed E-state index contributed by atoms with van der Waals surface area (Å²) < 4.78 is 3.50. The van der Waals surface area contributed by atoms with Crippen molar-refractivity contribution in [3.63, 3.8) is 0 Å². The average molecular weight is 257 g/mol. The first-order valence-electron chi connectivity index (χ1n) is 3.51. The maximum Gasteiger partial charge on any atom is 0.0586 e. The third-order valence-corrected chi connectivity index (χ3v) is 2.76. The highest BCUT2D eigenvalue weighted by Gasteiger charge is 1.98. The third-order valence-electron chi connectivity index (χ3n) is 1.84. The third kappa shape index (κ3) is 1.05. The fraction of sp³-hybridized carbons (Fsp3) is 0.111. The monoisotopic (exact) mass is 257 g/mol. The Bertz CT molecular complexity index is 389. The second-order valence-electron chi connectivity index (χ2n) is 2.59. The number of pyridine rings is 1. The molecule has 1 nitrogen and oxygen atoms in total. The summed E-state index contributed by atoms with van der Waals surface area (Å²) in [4.78, 5) is 0. The number of hydrogen-bond acceptors (Lipinski definition) is 0. The van der Waals surface area contributed by atoms with Crippen LogP contribution in [-0.4, -0.2) is 4.40 Å². The topological polar surface area (TPSA) is 4.41 Å². The molecule has 0 aliphatic heterocycles.